The first-order valence-electron chi connectivity index (χ1n) is 6.22. The van der Waals surface area contributed by atoms with Crippen molar-refractivity contribution >= 4 is 15.8 Å². The molecule has 1 N–H and O–H groups in total. The molecule has 2 rings (SSSR count). The minimum absolute atomic E-state index is 0.00535. The lowest BCUT2D eigenvalue weighted by Gasteiger charge is -2.07. The molecule has 0 unspecified atom stereocenters. The van der Waals surface area contributed by atoms with Crippen molar-refractivity contribution in [3.8, 4) is 5.75 Å². The van der Waals surface area contributed by atoms with Crippen LogP contribution in [0.4, 0.5) is 4.39 Å². The minimum atomic E-state index is -3.76. The van der Waals surface area contributed by atoms with Crippen molar-refractivity contribution in [3.63, 3.8) is 0 Å². The summed E-state index contributed by atoms with van der Waals surface area (Å²) in [5.74, 6) is -2.12. The zero-order valence-corrected chi connectivity index (χ0v) is 12.4. The number of benzene rings is 2. The quantitative estimate of drug-likeness (QED) is 0.873. The first-order chi connectivity index (χ1) is 10.3. The fraction of sp³-hybridized carbons (Fsp3) is 0.133. The highest BCUT2D eigenvalue weighted by molar-refractivity contribution is 7.90. The number of hydrogen-bond donors (Lipinski definition) is 1. The summed E-state index contributed by atoms with van der Waals surface area (Å²) in [6.45, 7) is 0. The molecule has 7 heteroatoms. The third-order valence-electron chi connectivity index (χ3n) is 3.02. The molecule has 2 aromatic rings. The number of methoxy groups -OCH3 is 1. The molecule has 0 atom stereocenters. The Kier molecular flexibility index (Phi) is 4.46. The van der Waals surface area contributed by atoms with Gasteiger partial charge in [-0.2, -0.15) is 0 Å². The average molecular weight is 324 g/mol. The van der Waals surface area contributed by atoms with Crippen LogP contribution < -0.4 is 0 Å². The third kappa shape index (κ3) is 3.43. The Morgan fingerprint density at radius 2 is 1.82 bits per heavy atom. The van der Waals surface area contributed by atoms with Crippen LogP contribution in [0.15, 0.2) is 47.4 Å². The lowest BCUT2D eigenvalue weighted by Crippen LogP contribution is -2.08. The highest BCUT2D eigenvalue weighted by Gasteiger charge is 2.19. The Balaban J connectivity index is 2.30. The van der Waals surface area contributed by atoms with Gasteiger partial charge < -0.3 is 9.84 Å². The molecule has 0 fully saturated rings. The number of rotatable bonds is 4. The molecule has 5 nitrogen and oxygen atoms in total. The van der Waals surface area contributed by atoms with E-state index in [0.717, 1.165) is 6.07 Å². The van der Waals surface area contributed by atoms with Crippen LogP contribution in [-0.4, -0.2) is 26.6 Å². The number of phenols is 1. The zero-order chi connectivity index (χ0) is 16.3. The smallest absolute Gasteiger partial charge is 0.337 e. The van der Waals surface area contributed by atoms with Gasteiger partial charge in [-0.3, -0.25) is 0 Å². The van der Waals surface area contributed by atoms with E-state index in [1.165, 1.54) is 43.5 Å². The first-order valence-corrected chi connectivity index (χ1v) is 7.87. The molecule has 0 aliphatic rings. The zero-order valence-electron chi connectivity index (χ0n) is 11.6. The molecule has 0 aliphatic carbocycles. The predicted molar refractivity (Wildman–Crippen MR) is 76.7 cm³/mol. The Morgan fingerprint density at radius 3 is 2.36 bits per heavy atom. The van der Waals surface area contributed by atoms with Gasteiger partial charge in [-0.15, -0.1) is 0 Å². The molecule has 0 saturated heterocycles. The molecule has 0 saturated carbocycles. The van der Waals surface area contributed by atoms with E-state index >= 15 is 0 Å². The summed E-state index contributed by atoms with van der Waals surface area (Å²) in [7, 11) is -2.59. The summed E-state index contributed by atoms with van der Waals surface area (Å²) in [6, 6.07) is 8.44. The minimum Gasteiger partial charge on any atom is -0.508 e. The fourth-order valence-electron chi connectivity index (χ4n) is 1.85. The Hall–Kier alpha value is -2.41. The van der Waals surface area contributed by atoms with Crippen LogP contribution in [-0.2, 0) is 20.3 Å². The molecule has 0 amide bonds. The van der Waals surface area contributed by atoms with Crippen LogP contribution in [0.2, 0.25) is 0 Å². The maximum Gasteiger partial charge on any atom is 0.337 e. The summed E-state index contributed by atoms with van der Waals surface area (Å²) in [4.78, 5) is 11.3. The van der Waals surface area contributed by atoms with Gasteiger partial charge in [0.05, 0.1) is 23.3 Å². The number of phenolic OH excluding ortho intramolecular Hbond substituents is 1. The summed E-state index contributed by atoms with van der Waals surface area (Å²) >= 11 is 0. The van der Waals surface area contributed by atoms with Crippen molar-refractivity contribution in [3.05, 3.63) is 59.4 Å². The molecule has 0 heterocycles. The normalized spacial score (nSPS) is 11.2. The first kappa shape index (κ1) is 16.0. The van der Waals surface area contributed by atoms with Crippen LogP contribution in [0, 0.1) is 5.82 Å². The van der Waals surface area contributed by atoms with Gasteiger partial charge in [-0.25, -0.2) is 17.6 Å². The molecule has 0 bridgehead atoms. The van der Waals surface area contributed by atoms with E-state index in [1.807, 2.05) is 0 Å². The van der Waals surface area contributed by atoms with E-state index in [2.05, 4.69) is 4.74 Å². The number of aromatic hydroxyl groups is 1. The Labute approximate surface area is 126 Å². The highest BCUT2D eigenvalue weighted by Crippen LogP contribution is 2.21. The van der Waals surface area contributed by atoms with E-state index in [9.17, 15) is 17.6 Å². The Morgan fingerprint density at radius 1 is 1.18 bits per heavy atom. The second kappa shape index (κ2) is 6.15. The summed E-state index contributed by atoms with van der Waals surface area (Å²) in [5, 5.41) is 9.16. The number of esters is 1. The monoisotopic (exact) mass is 324 g/mol. The van der Waals surface area contributed by atoms with Gasteiger partial charge in [0, 0.05) is 5.56 Å². The highest BCUT2D eigenvalue weighted by atomic mass is 32.2. The van der Waals surface area contributed by atoms with Gasteiger partial charge in [0.1, 0.15) is 11.6 Å². The van der Waals surface area contributed by atoms with Crippen LogP contribution in [0.25, 0.3) is 0 Å². The van der Waals surface area contributed by atoms with E-state index in [1.54, 1.807) is 0 Å². The molecule has 0 spiro atoms. The van der Waals surface area contributed by atoms with Crippen LogP contribution in [0.1, 0.15) is 15.9 Å². The van der Waals surface area contributed by atoms with Gasteiger partial charge in [0.2, 0.25) is 0 Å². The van der Waals surface area contributed by atoms with Gasteiger partial charge in [-0.05, 0) is 36.4 Å². The van der Waals surface area contributed by atoms with Gasteiger partial charge in [0.15, 0.2) is 9.84 Å². The van der Waals surface area contributed by atoms with E-state index in [-0.39, 0.29) is 21.8 Å². The number of halogens is 1. The number of carbonyl (C=O) groups is 1. The number of ether oxygens (including phenoxy) is 1. The van der Waals surface area contributed by atoms with Crippen molar-refractivity contribution < 1.29 is 27.4 Å². The van der Waals surface area contributed by atoms with E-state index in [0.29, 0.717) is 0 Å². The van der Waals surface area contributed by atoms with Crippen LogP contribution >= 0.6 is 0 Å². The van der Waals surface area contributed by atoms with Gasteiger partial charge >= 0.3 is 5.97 Å². The summed E-state index contributed by atoms with van der Waals surface area (Å²) in [6.07, 6.45) is 0. The van der Waals surface area contributed by atoms with Crippen LogP contribution in [0.3, 0.4) is 0 Å². The van der Waals surface area contributed by atoms with E-state index < -0.39 is 27.4 Å². The topological polar surface area (TPSA) is 80.7 Å². The van der Waals surface area contributed by atoms with Gasteiger partial charge in [0.25, 0.3) is 0 Å². The number of hydrogen-bond acceptors (Lipinski definition) is 5. The largest absolute Gasteiger partial charge is 0.508 e. The lowest BCUT2D eigenvalue weighted by atomic mass is 10.1. The SMILES string of the molecule is COC(=O)c1ccc(CS(=O)(=O)c2ccc(O)cc2)c(F)c1. The maximum atomic E-state index is 13.9. The molecule has 22 heavy (non-hydrogen) atoms. The molecule has 0 aliphatic heterocycles. The average Bonchev–Trinajstić information content (AvgIpc) is 2.48. The molecular weight excluding hydrogens is 311 g/mol. The third-order valence-corrected chi connectivity index (χ3v) is 4.70. The van der Waals surface area contributed by atoms with Crippen molar-refractivity contribution in [2.45, 2.75) is 10.6 Å². The van der Waals surface area contributed by atoms with Crippen LogP contribution in [0.5, 0.6) is 5.75 Å². The van der Waals surface area contributed by atoms with E-state index in [4.69, 9.17) is 5.11 Å². The second-order valence-corrected chi connectivity index (χ2v) is 6.54. The molecule has 116 valence electrons. The number of carbonyl (C=O) groups excluding carboxylic acids is 1. The summed E-state index contributed by atoms with van der Waals surface area (Å²) in [5.41, 5.74) is -0.0495. The van der Waals surface area contributed by atoms with Crippen molar-refractivity contribution in [2.75, 3.05) is 7.11 Å². The number of sulfone groups is 1. The molecule has 0 radical (unpaired) electrons. The molecule has 2 aromatic carbocycles. The fourth-order valence-corrected chi connectivity index (χ4v) is 3.21. The molecular formula is C15H13FO5S. The van der Waals surface area contributed by atoms with Crippen molar-refractivity contribution in [1.82, 2.24) is 0 Å². The summed E-state index contributed by atoms with van der Waals surface area (Å²) < 4.78 is 42.8. The predicted octanol–water partition coefficient (Wildman–Crippen LogP) is 2.29. The van der Waals surface area contributed by atoms with Crippen molar-refractivity contribution in [2.24, 2.45) is 0 Å². The standard InChI is InChI=1S/C15H13FO5S/c1-21-15(18)10-2-3-11(14(16)8-10)9-22(19,20)13-6-4-12(17)5-7-13/h2-8,17H,9H2,1H3. The maximum absolute atomic E-state index is 13.9. The lowest BCUT2D eigenvalue weighted by molar-refractivity contribution is 0.0600. The second-order valence-electron chi connectivity index (χ2n) is 4.55. The molecule has 0 aromatic heterocycles. The van der Waals surface area contributed by atoms with Gasteiger partial charge in [-0.1, -0.05) is 6.07 Å². The Bertz CT molecular complexity index is 797. The van der Waals surface area contributed by atoms with Crippen molar-refractivity contribution in [1.29, 1.82) is 0 Å².